The number of carbonyl (C=O) groups excluding carboxylic acids is 2. The van der Waals surface area contributed by atoms with Gasteiger partial charge in [-0.15, -0.1) is 0 Å². The molecule has 1 aliphatic rings. The van der Waals surface area contributed by atoms with Crippen molar-refractivity contribution in [2.75, 3.05) is 18.5 Å². The van der Waals surface area contributed by atoms with Gasteiger partial charge in [0.2, 0.25) is 5.91 Å². The fourth-order valence-corrected chi connectivity index (χ4v) is 2.92. The Bertz CT molecular complexity index is 718. The first-order valence-electron chi connectivity index (χ1n) is 7.77. The van der Waals surface area contributed by atoms with Gasteiger partial charge in [0.25, 0.3) is 5.91 Å². The molecule has 1 aliphatic heterocycles. The van der Waals surface area contributed by atoms with Crippen LogP contribution < -0.4 is 10.9 Å². The number of hydrogen-bond donors (Lipinski definition) is 2. The van der Waals surface area contributed by atoms with Crippen LogP contribution in [0.2, 0.25) is 5.02 Å². The Morgan fingerprint density at radius 2 is 2.12 bits per heavy atom. The van der Waals surface area contributed by atoms with Crippen molar-refractivity contribution in [1.29, 1.82) is 0 Å². The Balaban J connectivity index is 1.56. The number of halogens is 1. The second-order valence-electron chi connectivity index (χ2n) is 5.69. The van der Waals surface area contributed by atoms with Gasteiger partial charge in [0, 0.05) is 18.1 Å². The maximum Gasteiger partial charge on any atom is 0.289 e. The summed E-state index contributed by atoms with van der Waals surface area (Å²) in [6.45, 7) is 1.01. The number of rotatable bonds is 4. The van der Waals surface area contributed by atoms with Crippen molar-refractivity contribution in [3.8, 4) is 0 Å². The van der Waals surface area contributed by atoms with Crippen LogP contribution in [0.4, 0.5) is 5.69 Å². The summed E-state index contributed by atoms with van der Waals surface area (Å²) in [6, 6.07) is 10.4. The fraction of sp³-hybridized carbons (Fsp3) is 0.294. The molecule has 2 aromatic rings. The number of carbonyl (C=O) groups is 2. The number of benzene rings is 1. The monoisotopic (exact) mass is 347 g/mol. The van der Waals surface area contributed by atoms with Gasteiger partial charge in [0.1, 0.15) is 0 Å². The van der Waals surface area contributed by atoms with E-state index in [1.807, 2.05) is 0 Å². The smallest absolute Gasteiger partial charge is 0.289 e. The Morgan fingerprint density at radius 1 is 1.25 bits per heavy atom. The van der Waals surface area contributed by atoms with Crippen molar-refractivity contribution in [2.24, 2.45) is 5.92 Å². The Kier molecular flexibility index (Phi) is 5.05. The number of piperidine rings is 1. The van der Waals surface area contributed by atoms with Gasteiger partial charge in [0.05, 0.1) is 17.9 Å². The zero-order valence-corrected chi connectivity index (χ0v) is 13.8. The molecule has 0 saturated carbocycles. The molecule has 1 aromatic carbocycles. The second-order valence-corrected chi connectivity index (χ2v) is 6.13. The molecule has 126 valence electrons. The van der Waals surface area contributed by atoms with E-state index in [2.05, 4.69) is 10.9 Å². The third-order valence-corrected chi connectivity index (χ3v) is 4.20. The van der Waals surface area contributed by atoms with Gasteiger partial charge in [-0.05, 0) is 43.2 Å². The predicted octanol–water partition coefficient (Wildman–Crippen LogP) is 2.93. The summed E-state index contributed by atoms with van der Waals surface area (Å²) in [4.78, 5) is 26.3. The van der Waals surface area contributed by atoms with Crippen LogP contribution in [0.5, 0.6) is 0 Å². The number of anilines is 1. The molecule has 2 heterocycles. The van der Waals surface area contributed by atoms with E-state index in [1.165, 1.54) is 6.26 Å². The van der Waals surface area contributed by atoms with E-state index >= 15 is 0 Å². The molecule has 2 amide bonds. The number of hydrazine groups is 1. The Labute approximate surface area is 144 Å². The summed E-state index contributed by atoms with van der Waals surface area (Å²) >= 11 is 5.91. The number of hydrogen-bond acceptors (Lipinski definition) is 4. The number of nitrogens with zero attached hydrogens (tertiary/aromatic N) is 1. The number of furan rings is 1. The lowest BCUT2D eigenvalue weighted by Gasteiger charge is -2.31. The highest BCUT2D eigenvalue weighted by Crippen LogP contribution is 2.19. The van der Waals surface area contributed by atoms with Crippen LogP contribution in [0.3, 0.4) is 0 Å². The number of amides is 2. The van der Waals surface area contributed by atoms with Gasteiger partial charge < -0.3 is 9.32 Å². The summed E-state index contributed by atoms with van der Waals surface area (Å²) in [7, 11) is 0. The predicted molar refractivity (Wildman–Crippen MR) is 90.6 cm³/mol. The molecule has 1 atom stereocenters. The van der Waals surface area contributed by atoms with Crippen LogP contribution in [0.25, 0.3) is 0 Å². The maximum atomic E-state index is 12.3. The van der Waals surface area contributed by atoms with E-state index in [0.29, 0.717) is 29.6 Å². The van der Waals surface area contributed by atoms with Crippen LogP contribution >= 0.6 is 11.6 Å². The first kappa shape index (κ1) is 16.4. The van der Waals surface area contributed by atoms with Crippen LogP contribution in [0.1, 0.15) is 23.4 Å². The summed E-state index contributed by atoms with van der Waals surface area (Å²) < 4.78 is 5.14. The van der Waals surface area contributed by atoms with Crippen molar-refractivity contribution in [3.05, 3.63) is 53.4 Å². The van der Waals surface area contributed by atoms with Gasteiger partial charge in [0.15, 0.2) is 5.76 Å². The minimum Gasteiger partial charge on any atom is -0.459 e. The van der Waals surface area contributed by atoms with E-state index in [4.69, 9.17) is 16.0 Å². The minimum absolute atomic E-state index is 0.146. The lowest BCUT2D eigenvalue weighted by molar-refractivity contribution is -0.125. The molecule has 24 heavy (non-hydrogen) atoms. The quantitative estimate of drug-likeness (QED) is 0.834. The third-order valence-electron chi connectivity index (χ3n) is 3.97. The molecule has 6 nitrogen and oxygen atoms in total. The van der Waals surface area contributed by atoms with Gasteiger partial charge in [-0.1, -0.05) is 17.7 Å². The van der Waals surface area contributed by atoms with Crippen molar-refractivity contribution in [3.63, 3.8) is 0 Å². The first-order valence-corrected chi connectivity index (χ1v) is 8.15. The molecule has 0 aliphatic carbocycles. The van der Waals surface area contributed by atoms with Crippen LogP contribution in [0, 0.1) is 5.92 Å². The van der Waals surface area contributed by atoms with E-state index in [1.54, 1.807) is 41.3 Å². The highest BCUT2D eigenvalue weighted by molar-refractivity contribution is 6.30. The van der Waals surface area contributed by atoms with Crippen molar-refractivity contribution >= 4 is 29.1 Å². The summed E-state index contributed by atoms with van der Waals surface area (Å²) in [5, 5.41) is 0.585. The maximum absolute atomic E-state index is 12.3. The molecule has 1 aromatic heterocycles. The summed E-state index contributed by atoms with van der Waals surface area (Å²) in [5.74, 6) is -0.287. The normalized spacial score (nSPS) is 17.4. The molecular weight excluding hydrogens is 330 g/mol. The molecule has 7 heteroatoms. The number of nitrogens with one attached hydrogen (secondary N) is 2. The van der Waals surface area contributed by atoms with Crippen molar-refractivity contribution in [1.82, 2.24) is 10.3 Å². The molecule has 0 unspecified atom stereocenters. The van der Waals surface area contributed by atoms with Crippen molar-refractivity contribution in [2.45, 2.75) is 12.8 Å². The van der Waals surface area contributed by atoms with E-state index in [-0.39, 0.29) is 17.7 Å². The summed E-state index contributed by atoms with van der Waals surface area (Å²) in [5.41, 5.74) is 6.23. The lowest BCUT2D eigenvalue weighted by atomic mass is 9.97. The van der Waals surface area contributed by atoms with E-state index < -0.39 is 0 Å². The highest BCUT2D eigenvalue weighted by Gasteiger charge is 2.29. The highest BCUT2D eigenvalue weighted by atomic mass is 35.5. The zero-order chi connectivity index (χ0) is 16.9. The lowest BCUT2D eigenvalue weighted by Crippen LogP contribution is -2.46. The molecule has 0 radical (unpaired) electrons. The minimum atomic E-state index is -0.260. The fourth-order valence-electron chi connectivity index (χ4n) is 2.73. The molecular formula is C17H18ClN3O3. The van der Waals surface area contributed by atoms with E-state index in [9.17, 15) is 9.59 Å². The zero-order valence-electron chi connectivity index (χ0n) is 13.0. The van der Waals surface area contributed by atoms with E-state index in [0.717, 1.165) is 12.8 Å². The van der Waals surface area contributed by atoms with Crippen LogP contribution in [-0.2, 0) is 4.79 Å². The second kappa shape index (κ2) is 7.40. The molecule has 3 rings (SSSR count). The molecule has 0 spiro atoms. The standard InChI is InChI=1S/C17H18ClN3O3/c18-13-5-1-6-14(10-13)19-20-16(22)12-4-2-8-21(11-12)17(23)15-7-3-9-24-15/h1,3,5-7,9-10,12,19H,2,4,8,11H2,(H,20,22)/t12-/m1/s1. The SMILES string of the molecule is O=C(NNc1cccc(Cl)c1)[C@@H]1CCCN(C(=O)c2ccco2)C1. The number of likely N-dealkylation sites (tertiary alicyclic amines) is 1. The third kappa shape index (κ3) is 3.89. The molecule has 1 saturated heterocycles. The average molecular weight is 348 g/mol. The molecule has 2 N–H and O–H groups in total. The first-order chi connectivity index (χ1) is 11.6. The molecule has 0 bridgehead atoms. The van der Waals surface area contributed by atoms with Gasteiger partial charge in [-0.2, -0.15) is 0 Å². The average Bonchev–Trinajstić information content (AvgIpc) is 3.14. The largest absolute Gasteiger partial charge is 0.459 e. The summed E-state index contributed by atoms with van der Waals surface area (Å²) in [6.07, 6.45) is 2.99. The van der Waals surface area contributed by atoms with Crippen LogP contribution in [-0.4, -0.2) is 29.8 Å². The van der Waals surface area contributed by atoms with Gasteiger partial charge >= 0.3 is 0 Å². The topological polar surface area (TPSA) is 74.6 Å². The van der Waals surface area contributed by atoms with Gasteiger partial charge in [-0.3, -0.25) is 20.4 Å². The Morgan fingerprint density at radius 3 is 2.88 bits per heavy atom. The van der Waals surface area contributed by atoms with Crippen molar-refractivity contribution < 1.29 is 14.0 Å². The van der Waals surface area contributed by atoms with Crippen LogP contribution in [0.15, 0.2) is 47.1 Å². The molecule has 1 fully saturated rings. The van der Waals surface area contributed by atoms with Gasteiger partial charge in [-0.25, -0.2) is 0 Å². The Hall–Kier alpha value is -2.47.